The van der Waals surface area contributed by atoms with Crippen LogP contribution >= 0.6 is 11.6 Å². The van der Waals surface area contributed by atoms with Crippen LogP contribution in [0.5, 0.6) is 5.75 Å². The molecular formula is C28H34ClN3O3. The van der Waals surface area contributed by atoms with Gasteiger partial charge in [0.2, 0.25) is 0 Å². The lowest BCUT2D eigenvalue weighted by atomic mass is 9.92. The van der Waals surface area contributed by atoms with Crippen molar-refractivity contribution in [1.82, 2.24) is 14.9 Å². The molecule has 1 N–H and O–H groups in total. The smallest absolute Gasteiger partial charge is 0.410 e. The molecule has 0 fully saturated rings. The molecule has 0 saturated heterocycles. The highest BCUT2D eigenvalue weighted by molar-refractivity contribution is 6.30. The normalized spacial score (nSPS) is 13.5. The number of aromatic amines is 1. The van der Waals surface area contributed by atoms with Gasteiger partial charge >= 0.3 is 6.09 Å². The monoisotopic (exact) mass is 495 g/mol. The highest BCUT2D eigenvalue weighted by Crippen LogP contribution is 2.42. The number of imidazole rings is 1. The van der Waals surface area contributed by atoms with Crippen molar-refractivity contribution in [1.29, 1.82) is 0 Å². The Morgan fingerprint density at radius 3 is 2.63 bits per heavy atom. The van der Waals surface area contributed by atoms with E-state index in [1.165, 1.54) is 0 Å². The Balaban J connectivity index is 1.65. The summed E-state index contributed by atoms with van der Waals surface area (Å²) in [6.45, 7) is 14.6. The zero-order valence-corrected chi connectivity index (χ0v) is 22.3. The van der Waals surface area contributed by atoms with Crippen molar-refractivity contribution in [2.24, 2.45) is 0 Å². The molecule has 186 valence electrons. The molecule has 0 bridgehead atoms. The van der Waals surface area contributed by atoms with Crippen LogP contribution in [0.3, 0.4) is 0 Å². The van der Waals surface area contributed by atoms with E-state index in [2.05, 4.69) is 37.0 Å². The number of nitrogens with one attached hydrogen (secondary N) is 1. The summed E-state index contributed by atoms with van der Waals surface area (Å²) in [5, 5.41) is 0.710. The fraction of sp³-hybridized carbons (Fsp3) is 0.429. The first kappa shape index (κ1) is 25.1. The lowest BCUT2D eigenvalue weighted by molar-refractivity contribution is 0.0147. The second-order valence-electron chi connectivity index (χ2n) is 10.3. The van der Waals surface area contributed by atoms with E-state index in [-0.39, 0.29) is 12.1 Å². The van der Waals surface area contributed by atoms with Crippen LogP contribution in [0.25, 0.3) is 22.4 Å². The molecule has 2 heterocycles. The number of rotatable bonds is 5. The van der Waals surface area contributed by atoms with Crippen LogP contribution in [0.2, 0.25) is 5.02 Å². The SMILES string of the molecule is CC[C@H](C)N(Cc1nc(-c2cc3c(cc2C)-c2ccc(Cl)cc2CO3)c(C)[nH]1)C(=O)OC(C)(C)C. The van der Waals surface area contributed by atoms with Crippen LogP contribution in [-0.4, -0.2) is 32.6 Å². The average molecular weight is 496 g/mol. The van der Waals surface area contributed by atoms with Crippen molar-refractivity contribution >= 4 is 17.7 Å². The van der Waals surface area contributed by atoms with E-state index in [4.69, 9.17) is 26.1 Å². The number of carbonyl (C=O) groups is 1. The number of aryl methyl sites for hydroxylation is 2. The van der Waals surface area contributed by atoms with E-state index in [1.807, 2.05) is 46.8 Å². The number of hydrogen-bond donors (Lipinski definition) is 1. The van der Waals surface area contributed by atoms with Gasteiger partial charge in [0.05, 0.1) is 12.2 Å². The minimum Gasteiger partial charge on any atom is -0.488 e. The number of fused-ring (bicyclic) bond motifs is 3. The molecule has 35 heavy (non-hydrogen) atoms. The Kier molecular flexibility index (Phi) is 6.87. The van der Waals surface area contributed by atoms with E-state index in [9.17, 15) is 4.79 Å². The van der Waals surface area contributed by atoms with Crippen molar-refractivity contribution in [3.8, 4) is 28.1 Å². The van der Waals surface area contributed by atoms with Gasteiger partial charge in [-0.2, -0.15) is 0 Å². The molecule has 0 unspecified atom stereocenters. The molecule has 2 aromatic carbocycles. The summed E-state index contributed by atoms with van der Waals surface area (Å²) >= 11 is 6.18. The van der Waals surface area contributed by atoms with Gasteiger partial charge in [-0.05, 0) is 88.9 Å². The van der Waals surface area contributed by atoms with E-state index >= 15 is 0 Å². The van der Waals surface area contributed by atoms with Gasteiger partial charge in [0.1, 0.15) is 23.8 Å². The molecule has 1 aliphatic heterocycles. The van der Waals surface area contributed by atoms with Crippen LogP contribution in [0.4, 0.5) is 4.79 Å². The summed E-state index contributed by atoms with van der Waals surface area (Å²) in [5.41, 5.74) is 6.64. The summed E-state index contributed by atoms with van der Waals surface area (Å²) in [4.78, 5) is 22.9. The molecule has 3 aromatic rings. The van der Waals surface area contributed by atoms with Gasteiger partial charge in [-0.25, -0.2) is 9.78 Å². The standard InChI is InChI=1S/C28H34ClN3O3/c1-8-17(3)32(27(33)35-28(5,6)7)14-25-30-18(4)26(31-25)22-13-24-23(11-16(22)2)21-10-9-20(29)12-19(21)15-34-24/h9-13,17H,8,14-15H2,1-7H3,(H,30,31)/t17-/m0/s1. The lowest BCUT2D eigenvalue weighted by Crippen LogP contribution is -2.41. The van der Waals surface area contributed by atoms with Gasteiger partial charge in [-0.1, -0.05) is 24.6 Å². The summed E-state index contributed by atoms with van der Waals surface area (Å²) in [5.74, 6) is 1.56. The van der Waals surface area contributed by atoms with Crippen LogP contribution in [0.1, 0.15) is 63.7 Å². The van der Waals surface area contributed by atoms with E-state index in [0.29, 0.717) is 18.2 Å². The molecule has 7 heteroatoms. The van der Waals surface area contributed by atoms with E-state index in [0.717, 1.165) is 57.2 Å². The molecule has 6 nitrogen and oxygen atoms in total. The predicted octanol–water partition coefficient (Wildman–Crippen LogP) is 7.44. The number of amides is 1. The maximum atomic E-state index is 12.9. The average Bonchev–Trinajstić information content (AvgIpc) is 3.14. The maximum Gasteiger partial charge on any atom is 0.410 e. The number of carbonyl (C=O) groups excluding carboxylic acids is 1. The molecule has 1 aromatic heterocycles. The molecule has 1 aliphatic rings. The van der Waals surface area contributed by atoms with Crippen LogP contribution in [0, 0.1) is 13.8 Å². The molecule has 1 amide bonds. The summed E-state index contributed by atoms with van der Waals surface area (Å²) < 4.78 is 11.7. The number of ether oxygens (including phenoxy) is 2. The summed E-state index contributed by atoms with van der Waals surface area (Å²) in [6, 6.07) is 10.2. The van der Waals surface area contributed by atoms with Crippen molar-refractivity contribution < 1.29 is 14.3 Å². The summed E-state index contributed by atoms with van der Waals surface area (Å²) in [6.07, 6.45) is 0.485. The maximum absolute atomic E-state index is 12.9. The molecule has 4 rings (SSSR count). The number of benzene rings is 2. The Labute approximate surface area is 212 Å². The first-order valence-corrected chi connectivity index (χ1v) is 12.5. The highest BCUT2D eigenvalue weighted by Gasteiger charge is 2.27. The van der Waals surface area contributed by atoms with Crippen molar-refractivity contribution in [2.45, 2.75) is 79.7 Å². The van der Waals surface area contributed by atoms with Crippen LogP contribution in [-0.2, 0) is 17.9 Å². The topological polar surface area (TPSA) is 67.5 Å². The molecule has 0 spiro atoms. The first-order valence-electron chi connectivity index (χ1n) is 12.1. The minimum atomic E-state index is -0.558. The summed E-state index contributed by atoms with van der Waals surface area (Å²) in [7, 11) is 0. The largest absolute Gasteiger partial charge is 0.488 e. The zero-order chi connectivity index (χ0) is 25.5. The third-order valence-electron chi connectivity index (χ3n) is 6.33. The van der Waals surface area contributed by atoms with Crippen LogP contribution in [0.15, 0.2) is 30.3 Å². The third-order valence-corrected chi connectivity index (χ3v) is 6.56. The van der Waals surface area contributed by atoms with Gasteiger partial charge < -0.3 is 14.5 Å². The van der Waals surface area contributed by atoms with Crippen molar-refractivity contribution in [2.75, 3.05) is 0 Å². The number of nitrogens with zero attached hydrogens (tertiary/aromatic N) is 2. The number of hydrogen-bond acceptors (Lipinski definition) is 4. The number of halogens is 1. The Bertz CT molecular complexity index is 1260. The van der Waals surface area contributed by atoms with Crippen LogP contribution < -0.4 is 4.74 Å². The van der Waals surface area contributed by atoms with Gasteiger partial charge in [0.25, 0.3) is 0 Å². The van der Waals surface area contributed by atoms with Gasteiger partial charge in [-0.3, -0.25) is 4.90 Å². The fourth-order valence-corrected chi connectivity index (χ4v) is 4.53. The number of aromatic nitrogens is 2. The third kappa shape index (κ3) is 5.32. The second-order valence-corrected chi connectivity index (χ2v) is 10.7. The Morgan fingerprint density at radius 1 is 1.20 bits per heavy atom. The Hall–Kier alpha value is -2.99. The molecule has 0 aliphatic carbocycles. The Morgan fingerprint density at radius 2 is 1.94 bits per heavy atom. The molecule has 0 radical (unpaired) electrons. The zero-order valence-electron chi connectivity index (χ0n) is 21.6. The van der Waals surface area contributed by atoms with Gasteiger partial charge in [0, 0.05) is 27.9 Å². The van der Waals surface area contributed by atoms with E-state index < -0.39 is 5.60 Å². The van der Waals surface area contributed by atoms with E-state index in [1.54, 1.807) is 4.90 Å². The highest BCUT2D eigenvalue weighted by atomic mass is 35.5. The second kappa shape index (κ2) is 9.57. The van der Waals surface area contributed by atoms with Gasteiger partial charge in [-0.15, -0.1) is 0 Å². The predicted molar refractivity (Wildman–Crippen MR) is 140 cm³/mol. The quantitative estimate of drug-likeness (QED) is 0.399. The fourth-order valence-electron chi connectivity index (χ4n) is 4.34. The first-order chi connectivity index (χ1) is 16.5. The minimum absolute atomic E-state index is 0.0196. The van der Waals surface area contributed by atoms with Gasteiger partial charge in [0.15, 0.2) is 0 Å². The molecular weight excluding hydrogens is 462 g/mol. The molecule has 0 saturated carbocycles. The number of H-pyrrole nitrogens is 1. The lowest BCUT2D eigenvalue weighted by Gasteiger charge is -2.30. The van der Waals surface area contributed by atoms with Crippen molar-refractivity contribution in [3.63, 3.8) is 0 Å². The van der Waals surface area contributed by atoms with Crippen molar-refractivity contribution in [3.05, 3.63) is 58.0 Å². The molecule has 1 atom stereocenters.